The molecular formula is C24H31ClO2. The Morgan fingerprint density at radius 2 is 1.67 bits per heavy atom. The van der Waals surface area contributed by atoms with Crippen LogP contribution in [0.2, 0.25) is 5.02 Å². The number of hydrogen-bond acceptors (Lipinski definition) is 2. The molecule has 0 bridgehead atoms. The van der Waals surface area contributed by atoms with E-state index < -0.39 is 0 Å². The van der Waals surface area contributed by atoms with Crippen LogP contribution in [-0.4, -0.2) is 10.2 Å². The largest absolute Gasteiger partial charge is 0.508 e. The molecule has 2 aromatic rings. The van der Waals surface area contributed by atoms with Crippen molar-refractivity contribution < 1.29 is 10.2 Å². The van der Waals surface area contributed by atoms with Gasteiger partial charge in [0.15, 0.2) is 0 Å². The number of benzene rings is 2. The quantitative estimate of drug-likeness (QED) is 0.612. The first-order valence-electron chi connectivity index (χ1n) is 9.75. The summed E-state index contributed by atoms with van der Waals surface area (Å²) in [5.41, 5.74) is 4.22. The monoisotopic (exact) mass is 386 g/mol. The van der Waals surface area contributed by atoms with Crippen LogP contribution in [0.15, 0.2) is 30.3 Å². The zero-order valence-corrected chi connectivity index (χ0v) is 18.0. The maximum atomic E-state index is 10.1. The maximum Gasteiger partial charge on any atom is 0.137 e. The van der Waals surface area contributed by atoms with Crippen molar-refractivity contribution in [1.29, 1.82) is 0 Å². The molecule has 1 aliphatic carbocycles. The Balaban J connectivity index is 2.13. The number of rotatable bonds is 3. The molecule has 2 N–H and O–H groups in total. The van der Waals surface area contributed by atoms with E-state index in [2.05, 4.69) is 39.8 Å². The van der Waals surface area contributed by atoms with E-state index in [-0.39, 0.29) is 11.2 Å². The van der Waals surface area contributed by atoms with Crippen LogP contribution >= 0.6 is 11.6 Å². The van der Waals surface area contributed by atoms with Crippen molar-refractivity contribution in [3.63, 3.8) is 0 Å². The van der Waals surface area contributed by atoms with E-state index in [0.717, 1.165) is 23.1 Å². The van der Waals surface area contributed by atoms with E-state index in [1.54, 1.807) is 6.07 Å². The molecular weight excluding hydrogens is 356 g/mol. The van der Waals surface area contributed by atoms with E-state index in [1.807, 2.05) is 26.0 Å². The van der Waals surface area contributed by atoms with Gasteiger partial charge in [0.25, 0.3) is 0 Å². The van der Waals surface area contributed by atoms with Gasteiger partial charge < -0.3 is 10.2 Å². The Morgan fingerprint density at radius 1 is 1.04 bits per heavy atom. The van der Waals surface area contributed by atoms with E-state index in [4.69, 9.17) is 11.6 Å². The lowest BCUT2D eigenvalue weighted by molar-refractivity contribution is 0.0434. The van der Waals surface area contributed by atoms with Crippen LogP contribution in [0.25, 0.3) is 0 Å². The minimum absolute atomic E-state index is 0.142. The fraction of sp³-hybridized carbons (Fsp3) is 0.500. The first-order valence-corrected chi connectivity index (χ1v) is 10.1. The molecule has 0 spiro atoms. The third-order valence-electron chi connectivity index (χ3n) is 6.42. The van der Waals surface area contributed by atoms with Crippen molar-refractivity contribution in [2.75, 3.05) is 0 Å². The van der Waals surface area contributed by atoms with Gasteiger partial charge in [0.2, 0.25) is 0 Å². The Labute approximate surface area is 168 Å². The number of hydrogen-bond donors (Lipinski definition) is 2. The summed E-state index contributed by atoms with van der Waals surface area (Å²) in [5, 5.41) is 20.6. The highest BCUT2D eigenvalue weighted by molar-refractivity contribution is 6.32. The van der Waals surface area contributed by atoms with Gasteiger partial charge in [-0.2, -0.15) is 0 Å². The molecule has 1 fully saturated rings. The van der Waals surface area contributed by atoms with Gasteiger partial charge >= 0.3 is 0 Å². The first kappa shape index (κ1) is 20.1. The molecule has 3 unspecified atom stereocenters. The summed E-state index contributed by atoms with van der Waals surface area (Å²) >= 11 is 6.35. The predicted molar refractivity (Wildman–Crippen MR) is 113 cm³/mol. The molecule has 0 radical (unpaired) electrons. The SMILES string of the molecule is Cc1cc(C2(c3cc(C)c(O)c(Cl)c3)CC(CC(C)(C)C)C2C)ccc1O. The Hall–Kier alpha value is -1.67. The van der Waals surface area contributed by atoms with E-state index in [1.165, 1.54) is 12.0 Å². The van der Waals surface area contributed by atoms with Crippen LogP contribution in [0.1, 0.15) is 62.8 Å². The van der Waals surface area contributed by atoms with Gasteiger partial charge in [-0.1, -0.05) is 57.5 Å². The number of aromatic hydroxyl groups is 2. The van der Waals surface area contributed by atoms with E-state index in [0.29, 0.717) is 28.0 Å². The minimum Gasteiger partial charge on any atom is -0.508 e. The summed E-state index contributed by atoms with van der Waals surface area (Å²) in [5.74, 6) is 1.57. The second-order valence-corrected chi connectivity index (χ2v) is 10.0. The standard InChI is InChI=1S/C24H31ClO2/c1-14-9-18(7-8-21(14)26)24(13-17(16(24)3)12-23(4,5)6)19-10-15(2)22(27)20(25)11-19/h7-11,16-17,26-27H,12-13H2,1-6H3. The molecule has 0 saturated heterocycles. The summed E-state index contributed by atoms with van der Waals surface area (Å²) in [6.45, 7) is 13.1. The number of phenolic OH excluding ortho intramolecular Hbond substituents is 2. The van der Waals surface area contributed by atoms with Crippen molar-refractivity contribution in [2.24, 2.45) is 17.3 Å². The molecule has 1 aliphatic rings. The molecule has 27 heavy (non-hydrogen) atoms. The van der Waals surface area contributed by atoms with Crippen LogP contribution in [0.3, 0.4) is 0 Å². The average molecular weight is 387 g/mol. The van der Waals surface area contributed by atoms with Crippen LogP contribution < -0.4 is 0 Å². The second kappa shape index (κ2) is 6.74. The van der Waals surface area contributed by atoms with Crippen molar-refractivity contribution in [2.45, 2.75) is 59.8 Å². The Kier molecular flexibility index (Phi) is 5.01. The van der Waals surface area contributed by atoms with E-state index in [9.17, 15) is 10.2 Å². The van der Waals surface area contributed by atoms with Gasteiger partial charge in [-0.25, -0.2) is 0 Å². The smallest absolute Gasteiger partial charge is 0.137 e. The molecule has 146 valence electrons. The maximum absolute atomic E-state index is 10.1. The van der Waals surface area contributed by atoms with Gasteiger partial charge in [0.1, 0.15) is 11.5 Å². The van der Waals surface area contributed by atoms with Crippen molar-refractivity contribution >= 4 is 11.6 Å². The highest BCUT2D eigenvalue weighted by Crippen LogP contribution is 2.60. The molecule has 2 nitrogen and oxygen atoms in total. The summed E-state index contributed by atoms with van der Waals surface area (Å²) in [6, 6.07) is 9.95. The van der Waals surface area contributed by atoms with Crippen molar-refractivity contribution in [1.82, 2.24) is 0 Å². The zero-order valence-electron chi connectivity index (χ0n) is 17.2. The fourth-order valence-corrected chi connectivity index (χ4v) is 5.18. The fourth-order valence-electron chi connectivity index (χ4n) is 4.91. The Morgan fingerprint density at radius 3 is 2.19 bits per heavy atom. The van der Waals surface area contributed by atoms with Crippen LogP contribution in [0.4, 0.5) is 0 Å². The van der Waals surface area contributed by atoms with Gasteiger partial charge in [0, 0.05) is 5.41 Å². The van der Waals surface area contributed by atoms with Gasteiger partial charge in [0.05, 0.1) is 5.02 Å². The third kappa shape index (κ3) is 3.45. The van der Waals surface area contributed by atoms with Crippen LogP contribution in [0.5, 0.6) is 11.5 Å². The lowest BCUT2D eigenvalue weighted by Gasteiger charge is -2.56. The average Bonchev–Trinajstić information content (AvgIpc) is 2.57. The lowest BCUT2D eigenvalue weighted by atomic mass is 9.47. The predicted octanol–water partition coefficient (Wildman–Crippen LogP) is 6.75. The van der Waals surface area contributed by atoms with Crippen molar-refractivity contribution in [3.8, 4) is 11.5 Å². The molecule has 0 amide bonds. The summed E-state index contributed by atoms with van der Waals surface area (Å²) in [4.78, 5) is 0. The topological polar surface area (TPSA) is 40.5 Å². The normalized spacial score (nSPS) is 25.3. The number of phenols is 2. The summed E-state index contributed by atoms with van der Waals surface area (Å²) < 4.78 is 0. The molecule has 1 saturated carbocycles. The van der Waals surface area contributed by atoms with Crippen LogP contribution in [0, 0.1) is 31.1 Å². The molecule has 0 aliphatic heterocycles. The first-order chi connectivity index (χ1) is 12.5. The van der Waals surface area contributed by atoms with Gasteiger partial charge in [-0.3, -0.25) is 0 Å². The number of aryl methyl sites for hydroxylation is 2. The van der Waals surface area contributed by atoms with Gasteiger partial charge in [-0.15, -0.1) is 0 Å². The van der Waals surface area contributed by atoms with Crippen LogP contribution in [-0.2, 0) is 5.41 Å². The highest BCUT2D eigenvalue weighted by atomic mass is 35.5. The Bertz CT molecular complexity index is 842. The minimum atomic E-state index is -0.142. The molecule has 3 heteroatoms. The van der Waals surface area contributed by atoms with Gasteiger partial charge in [-0.05, 0) is 78.3 Å². The second-order valence-electron chi connectivity index (χ2n) is 9.61. The van der Waals surface area contributed by atoms with E-state index >= 15 is 0 Å². The summed E-state index contributed by atoms with van der Waals surface area (Å²) in [7, 11) is 0. The van der Waals surface area contributed by atoms with Crippen molar-refractivity contribution in [3.05, 3.63) is 57.6 Å². The summed E-state index contributed by atoms with van der Waals surface area (Å²) in [6.07, 6.45) is 2.23. The molecule has 0 aromatic heterocycles. The molecule has 3 rings (SSSR count). The molecule has 0 heterocycles. The highest BCUT2D eigenvalue weighted by Gasteiger charge is 2.54. The third-order valence-corrected chi connectivity index (χ3v) is 6.71. The number of halogens is 1. The molecule has 2 aromatic carbocycles. The zero-order chi connectivity index (χ0) is 20.1. The lowest BCUT2D eigenvalue weighted by Crippen LogP contribution is -2.51. The molecule has 3 atom stereocenters.